The zero-order valence-corrected chi connectivity index (χ0v) is 12.3. The molecular weight excluding hydrogens is 271 g/mol. The summed E-state index contributed by atoms with van der Waals surface area (Å²) in [7, 11) is -4.29. The van der Waals surface area contributed by atoms with Gasteiger partial charge in [0.2, 0.25) is 0 Å². The Bertz CT molecular complexity index is 240. The molecule has 0 heterocycles. The van der Waals surface area contributed by atoms with E-state index in [4.69, 9.17) is 20.0 Å². The summed E-state index contributed by atoms with van der Waals surface area (Å²) < 4.78 is 14.7. The Morgan fingerprint density at radius 1 is 0.789 bits per heavy atom. The fourth-order valence-electron chi connectivity index (χ4n) is 1.85. The van der Waals surface area contributed by atoms with Gasteiger partial charge in [-0.25, -0.2) is 4.57 Å². The predicted octanol–water partition coefficient (Wildman–Crippen LogP) is 2.31. The molecule has 19 heavy (non-hydrogen) atoms. The quantitative estimate of drug-likeness (QED) is 0.236. The third-order valence-corrected chi connectivity index (χ3v) is 3.39. The first-order chi connectivity index (χ1) is 8.92. The normalized spacial score (nSPS) is 12.3. The van der Waals surface area contributed by atoms with Crippen LogP contribution in [0.15, 0.2) is 0 Å². The Balaban J connectivity index is 3.05. The maximum atomic E-state index is 10.4. The lowest BCUT2D eigenvalue weighted by atomic mass is 10.1. The van der Waals surface area contributed by atoms with Gasteiger partial charge in [0, 0.05) is 0 Å². The molecule has 0 aliphatic heterocycles. The molecular formula is C12H27O6P. The van der Waals surface area contributed by atoms with Crippen LogP contribution in [0, 0.1) is 0 Å². The van der Waals surface area contributed by atoms with Gasteiger partial charge in [0.15, 0.2) is 6.29 Å². The summed E-state index contributed by atoms with van der Waals surface area (Å²) in [5.41, 5.74) is 0. The average Bonchev–Trinajstić information content (AvgIpc) is 2.28. The SMILES string of the molecule is O=P(O)(O)OCCCCCCCCCCCC(O)O. The van der Waals surface area contributed by atoms with E-state index >= 15 is 0 Å². The van der Waals surface area contributed by atoms with Crippen molar-refractivity contribution >= 4 is 7.82 Å². The molecule has 0 rings (SSSR count). The first-order valence-electron chi connectivity index (χ1n) is 6.98. The molecule has 0 aromatic carbocycles. The van der Waals surface area contributed by atoms with Crippen LogP contribution in [-0.2, 0) is 9.09 Å². The number of hydrogen-bond donors (Lipinski definition) is 4. The van der Waals surface area contributed by atoms with Crippen molar-refractivity contribution in [2.45, 2.75) is 70.5 Å². The van der Waals surface area contributed by atoms with E-state index in [1.54, 1.807) is 0 Å². The van der Waals surface area contributed by atoms with Crippen LogP contribution in [0.1, 0.15) is 64.2 Å². The number of aliphatic hydroxyl groups is 2. The predicted molar refractivity (Wildman–Crippen MR) is 72.4 cm³/mol. The fraction of sp³-hybridized carbons (Fsp3) is 1.00. The first-order valence-corrected chi connectivity index (χ1v) is 8.51. The molecule has 116 valence electrons. The van der Waals surface area contributed by atoms with E-state index in [2.05, 4.69) is 4.52 Å². The van der Waals surface area contributed by atoms with Crippen molar-refractivity contribution in [2.75, 3.05) is 6.61 Å². The largest absolute Gasteiger partial charge is 0.469 e. The number of hydrogen-bond acceptors (Lipinski definition) is 4. The molecule has 4 N–H and O–H groups in total. The summed E-state index contributed by atoms with van der Waals surface area (Å²) in [4.78, 5) is 16.9. The van der Waals surface area contributed by atoms with Gasteiger partial charge < -0.3 is 20.0 Å². The van der Waals surface area contributed by atoms with Crippen molar-refractivity contribution in [1.29, 1.82) is 0 Å². The molecule has 0 spiro atoms. The molecule has 0 unspecified atom stereocenters. The molecule has 0 aliphatic carbocycles. The van der Waals surface area contributed by atoms with Crippen molar-refractivity contribution in [3.8, 4) is 0 Å². The number of aliphatic hydroxyl groups excluding tert-OH is 1. The maximum Gasteiger partial charge on any atom is 0.469 e. The van der Waals surface area contributed by atoms with Gasteiger partial charge in [-0.05, 0) is 19.3 Å². The van der Waals surface area contributed by atoms with Gasteiger partial charge in [-0.3, -0.25) is 4.52 Å². The van der Waals surface area contributed by atoms with Crippen molar-refractivity contribution < 1.29 is 29.1 Å². The van der Waals surface area contributed by atoms with Crippen LogP contribution in [0.25, 0.3) is 0 Å². The van der Waals surface area contributed by atoms with Gasteiger partial charge in [0.25, 0.3) is 0 Å². The Morgan fingerprint density at radius 3 is 1.63 bits per heavy atom. The van der Waals surface area contributed by atoms with E-state index in [1.165, 1.54) is 0 Å². The van der Waals surface area contributed by atoms with Gasteiger partial charge >= 0.3 is 7.82 Å². The molecule has 0 aliphatic rings. The molecule has 6 nitrogen and oxygen atoms in total. The van der Waals surface area contributed by atoms with Crippen molar-refractivity contribution in [1.82, 2.24) is 0 Å². The van der Waals surface area contributed by atoms with Crippen LogP contribution in [0.4, 0.5) is 0 Å². The average molecular weight is 298 g/mol. The second-order valence-corrected chi connectivity index (χ2v) is 6.01. The standard InChI is InChI=1S/C12H27O6P/c13-12(14)10-8-6-4-2-1-3-5-7-9-11-18-19(15,16)17/h12-14H,1-11H2,(H2,15,16,17). The first kappa shape index (κ1) is 19.0. The van der Waals surface area contributed by atoms with E-state index in [1.807, 2.05) is 0 Å². The van der Waals surface area contributed by atoms with Gasteiger partial charge in [-0.1, -0.05) is 44.9 Å². The smallest absolute Gasteiger partial charge is 0.368 e. The topological polar surface area (TPSA) is 107 Å². The molecule has 0 saturated heterocycles. The molecule has 0 aromatic rings. The monoisotopic (exact) mass is 298 g/mol. The second-order valence-electron chi connectivity index (χ2n) is 4.78. The van der Waals surface area contributed by atoms with Gasteiger partial charge in [0.05, 0.1) is 6.61 Å². The lowest BCUT2D eigenvalue weighted by molar-refractivity contribution is -0.0466. The number of unbranched alkanes of at least 4 members (excludes halogenated alkanes) is 8. The highest BCUT2D eigenvalue weighted by Gasteiger charge is 2.12. The van der Waals surface area contributed by atoms with E-state index in [0.717, 1.165) is 51.4 Å². The highest BCUT2D eigenvalue weighted by molar-refractivity contribution is 7.46. The lowest BCUT2D eigenvalue weighted by Crippen LogP contribution is -2.02. The fourth-order valence-corrected chi connectivity index (χ4v) is 2.22. The highest BCUT2D eigenvalue weighted by atomic mass is 31.2. The summed E-state index contributed by atoms with van der Waals surface area (Å²) in [6, 6.07) is 0. The number of rotatable bonds is 13. The van der Waals surface area contributed by atoms with E-state index in [9.17, 15) is 4.57 Å². The summed E-state index contributed by atoms with van der Waals surface area (Å²) in [6.07, 6.45) is 8.39. The third-order valence-electron chi connectivity index (χ3n) is 2.87. The maximum absolute atomic E-state index is 10.4. The van der Waals surface area contributed by atoms with Crippen molar-refractivity contribution in [3.05, 3.63) is 0 Å². The molecule has 0 bridgehead atoms. The lowest BCUT2D eigenvalue weighted by Gasteiger charge is -2.05. The Kier molecular flexibility index (Phi) is 11.8. The second kappa shape index (κ2) is 11.8. The van der Waals surface area contributed by atoms with Crippen LogP contribution >= 0.6 is 7.82 Å². The van der Waals surface area contributed by atoms with Crippen LogP contribution in [0.2, 0.25) is 0 Å². The molecule has 0 fully saturated rings. The summed E-state index contributed by atoms with van der Waals surface area (Å²) in [5.74, 6) is 0. The highest BCUT2D eigenvalue weighted by Crippen LogP contribution is 2.35. The van der Waals surface area contributed by atoms with E-state index in [-0.39, 0.29) is 6.61 Å². The minimum absolute atomic E-state index is 0.119. The zero-order valence-electron chi connectivity index (χ0n) is 11.4. The molecule has 0 amide bonds. The van der Waals surface area contributed by atoms with Gasteiger partial charge in [0.1, 0.15) is 0 Å². The molecule has 0 radical (unpaired) electrons. The molecule has 7 heteroatoms. The van der Waals surface area contributed by atoms with Crippen molar-refractivity contribution in [2.24, 2.45) is 0 Å². The van der Waals surface area contributed by atoms with Gasteiger partial charge in [-0.2, -0.15) is 0 Å². The third kappa shape index (κ3) is 18.0. The minimum atomic E-state index is -4.29. The summed E-state index contributed by atoms with van der Waals surface area (Å²) in [5, 5.41) is 17.3. The van der Waals surface area contributed by atoms with Crippen LogP contribution in [0.5, 0.6) is 0 Å². The Labute approximate surface area is 115 Å². The van der Waals surface area contributed by atoms with E-state index in [0.29, 0.717) is 12.8 Å². The zero-order chi connectivity index (χ0) is 14.6. The van der Waals surface area contributed by atoms with Crippen LogP contribution < -0.4 is 0 Å². The summed E-state index contributed by atoms with van der Waals surface area (Å²) in [6.45, 7) is 0.119. The Hall–Kier alpha value is 0.0300. The summed E-state index contributed by atoms with van der Waals surface area (Å²) >= 11 is 0. The number of phosphoric acid groups is 1. The van der Waals surface area contributed by atoms with Crippen LogP contribution in [-0.4, -0.2) is 32.9 Å². The molecule has 0 atom stereocenters. The number of phosphoric ester groups is 1. The van der Waals surface area contributed by atoms with Gasteiger partial charge in [-0.15, -0.1) is 0 Å². The molecule has 0 aromatic heterocycles. The van der Waals surface area contributed by atoms with Crippen LogP contribution in [0.3, 0.4) is 0 Å². The Morgan fingerprint density at radius 2 is 1.21 bits per heavy atom. The van der Waals surface area contributed by atoms with E-state index < -0.39 is 14.1 Å². The minimum Gasteiger partial charge on any atom is -0.368 e. The molecule has 0 saturated carbocycles. The van der Waals surface area contributed by atoms with Crippen molar-refractivity contribution in [3.63, 3.8) is 0 Å².